The molecule has 0 spiro atoms. The van der Waals surface area contributed by atoms with E-state index in [0.29, 0.717) is 22.8 Å². The summed E-state index contributed by atoms with van der Waals surface area (Å²) in [5, 5.41) is 10.8. The Balaban J connectivity index is 2.41. The van der Waals surface area contributed by atoms with Crippen LogP contribution in [0.4, 0.5) is 5.69 Å². The van der Waals surface area contributed by atoms with Gasteiger partial charge < -0.3 is 15.6 Å². The van der Waals surface area contributed by atoms with Gasteiger partial charge in [0, 0.05) is 18.3 Å². The van der Waals surface area contributed by atoms with Crippen molar-refractivity contribution in [1.82, 2.24) is 0 Å². The van der Waals surface area contributed by atoms with Crippen LogP contribution in [0.15, 0.2) is 59.1 Å². The highest BCUT2D eigenvalue weighted by Crippen LogP contribution is 2.25. The van der Waals surface area contributed by atoms with Gasteiger partial charge in [0.25, 0.3) is 0 Å². The lowest BCUT2D eigenvalue weighted by molar-refractivity contribution is -0.137. The van der Waals surface area contributed by atoms with Gasteiger partial charge in [0.1, 0.15) is 11.3 Å². The van der Waals surface area contributed by atoms with Crippen LogP contribution in [-0.2, 0) is 16.1 Å². The van der Waals surface area contributed by atoms with Gasteiger partial charge in [0.15, 0.2) is 0 Å². The Bertz CT molecular complexity index is 799. The Morgan fingerprint density at radius 1 is 1.24 bits per heavy atom. The van der Waals surface area contributed by atoms with Crippen molar-refractivity contribution in [2.24, 2.45) is 10.7 Å². The van der Waals surface area contributed by atoms with E-state index in [4.69, 9.17) is 22.1 Å². The van der Waals surface area contributed by atoms with Crippen LogP contribution in [0.1, 0.15) is 18.1 Å². The lowest BCUT2D eigenvalue weighted by Gasteiger charge is -2.08. The first-order valence-corrected chi connectivity index (χ1v) is 8.13. The van der Waals surface area contributed by atoms with E-state index >= 15 is 0 Å². The summed E-state index contributed by atoms with van der Waals surface area (Å²) in [4.78, 5) is 16.4. The Morgan fingerprint density at radius 2 is 1.92 bits per heavy atom. The minimum Gasteiger partial charge on any atom is -0.506 e. The number of esters is 1. The molecule has 130 valence electrons. The summed E-state index contributed by atoms with van der Waals surface area (Å²) >= 11 is 6.09. The number of hydrogen-bond acceptors (Lipinski definition) is 5. The van der Waals surface area contributed by atoms with Gasteiger partial charge in [-0.15, -0.1) is 0 Å². The second-order valence-electron chi connectivity index (χ2n) is 5.09. The predicted octanol–water partition coefficient (Wildman–Crippen LogP) is 4.03. The number of nitrogens with two attached hydrogens (primary N) is 1. The van der Waals surface area contributed by atoms with Crippen molar-refractivity contribution in [3.8, 4) is 0 Å². The number of nitrogens with zero attached hydrogens (tertiary/aromatic N) is 1. The topological polar surface area (TPSA) is 84.9 Å². The molecule has 0 atom stereocenters. The molecule has 0 saturated carbocycles. The van der Waals surface area contributed by atoms with Crippen molar-refractivity contribution < 1.29 is 14.6 Å². The van der Waals surface area contributed by atoms with E-state index in [1.54, 1.807) is 43.3 Å². The third kappa shape index (κ3) is 4.92. The third-order valence-electron chi connectivity index (χ3n) is 3.39. The monoisotopic (exact) mass is 358 g/mol. The van der Waals surface area contributed by atoms with Gasteiger partial charge in [0.05, 0.1) is 17.3 Å². The van der Waals surface area contributed by atoms with Crippen LogP contribution in [0.2, 0.25) is 5.02 Å². The average molecular weight is 359 g/mol. The quantitative estimate of drug-likeness (QED) is 0.353. The molecule has 2 aromatic rings. The van der Waals surface area contributed by atoms with Gasteiger partial charge in [0.2, 0.25) is 0 Å². The summed E-state index contributed by atoms with van der Waals surface area (Å²) in [5.41, 5.74) is 7.41. The number of carbonyl (C=O) groups is 1. The van der Waals surface area contributed by atoms with Gasteiger partial charge in [-0.05, 0) is 36.8 Å². The molecular formula is C19H19ClN2O3. The van der Waals surface area contributed by atoms with Gasteiger partial charge in [-0.3, -0.25) is 4.99 Å². The molecule has 5 nitrogen and oxygen atoms in total. The van der Waals surface area contributed by atoms with E-state index in [0.717, 1.165) is 5.56 Å². The number of rotatable bonds is 6. The Labute approximate surface area is 151 Å². The zero-order chi connectivity index (χ0) is 18.2. The van der Waals surface area contributed by atoms with Crippen molar-refractivity contribution in [2.75, 3.05) is 6.61 Å². The maximum absolute atomic E-state index is 12.2. The molecular weight excluding hydrogens is 340 g/mol. The molecule has 0 unspecified atom stereocenters. The SMILES string of the molecule is CCOC(=O)C(C=Nc1ccc(CN)cc1)=C(O)c1ccccc1Cl. The second-order valence-corrected chi connectivity index (χ2v) is 5.50. The maximum atomic E-state index is 12.2. The van der Waals surface area contributed by atoms with Crippen LogP contribution >= 0.6 is 11.6 Å². The molecule has 6 heteroatoms. The molecule has 0 fully saturated rings. The van der Waals surface area contributed by atoms with Crippen LogP contribution in [0.3, 0.4) is 0 Å². The summed E-state index contributed by atoms with van der Waals surface area (Å²) in [6, 6.07) is 13.9. The van der Waals surface area contributed by atoms with Gasteiger partial charge in [-0.25, -0.2) is 4.79 Å². The lowest BCUT2D eigenvalue weighted by atomic mass is 10.1. The fourth-order valence-electron chi connectivity index (χ4n) is 2.07. The number of carbonyl (C=O) groups excluding carboxylic acids is 1. The number of hydrogen-bond donors (Lipinski definition) is 2. The molecule has 2 aromatic carbocycles. The van der Waals surface area contributed by atoms with E-state index in [2.05, 4.69) is 4.99 Å². The molecule has 3 N–H and O–H groups in total. The van der Waals surface area contributed by atoms with Crippen molar-refractivity contribution >= 4 is 35.2 Å². The number of halogens is 1. The molecule has 0 radical (unpaired) electrons. The van der Waals surface area contributed by atoms with E-state index in [-0.39, 0.29) is 17.9 Å². The molecule has 0 bridgehead atoms. The predicted molar refractivity (Wildman–Crippen MR) is 100 cm³/mol. The number of aliphatic hydroxyl groups is 1. The summed E-state index contributed by atoms with van der Waals surface area (Å²) < 4.78 is 5.00. The van der Waals surface area contributed by atoms with Crippen molar-refractivity contribution in [1.29, 1.82) is 0 Å². The van der Waals surface area contributed by atoms with Crippen LogP contribution in [0.5, 0.6) is 0 Å². The van der Waals surface area contributed by atoms with Crippen LogP contribution in [0, 0.1) is 0 Å². The zero-order valence-corrected chi connectivity index (χ0v) is 14.5. The summed E-state index contributed by atoms with van der Waals surface area (Å²) in [6.45, 7) is 2.30. The molecule has 2 rings (SSSR count). The molecule has 0 aliphatic rings. The third-order valence-corrected chi connectivity index (χ3v) is 3.72. The first kappa shape index (κ1) is 18.7. The maximum Gasteiger partial charge on any atom is 0.343 e. The van der Waals surface area contributed by atoms with Crippen molar-refractivity contribution in [3.05, 3.63) is 70.3 Å². The fraction of sp³-hybridized carbons (Fsp3) is 0.158. The molecule has 0 amide bonds. The Morgan fingerprint density at radius 3 is 2.52 bits per heavy atom. The minimum atomic E-state index is -0.678. The van der Waals surface area contributed by atoms with Crippen molar-refractivity contribution in [2.45, 2.75) is 13.5 Å². The van der Waals surface area contributed by atoms with E-state index < -0.39 is 5.97 Å². The summed E-state index contributed by atoms with van der Waals surface area (Å²) in [7, 11) is 0. The van der Waals surface area contributed by atoms with E-state index in [9.17, 15) is 9.90 Å². The summed E-state index contributed by atoms with van der Waals surface area (Å²) in [5.74, 6) is -0.964. The average Bonchev–Trinajstić information content (AvgIpc) is 2.63. The van der Waals surface area contributed by atoms with Crippen LogP contribution in [0.25, 0.3) is 5.76 Å². The van der Waals surface area contributed by atoms with Crippen LogP contribution in [-0.4, -0.2) is 23.9 Å². The standard InChI is InChI=1S/C19H19ClN2O3/c1-2-25-19(24)16(18(23)15-5-3-4-6-17(15)20)12-22-14-9-7-13(11-21)8-10-14/h3-10,12,23H,2,11,21H2,1H3. The normalized spacial score (nSPS) is 12.1. The van der Waals surface area contributed by atoms with E-state index in [1.807, 2.05) is 12.1 Å². The Kier molecular flexibility index (Phi) is 6.74. The molecule has 0 heterocycles. The van der Waals surface area contributed by atoms with Gasteiger partial charge in [-0.1, -0.05) is 35.9 Å². The molecule has 0 aliphatic heterocycles. The zero-order valence-electron chi connectivity index (χ0n) is 13.8. The number of aliphatic imine (C=N–C) groups is 1. The highest BCUT2D eigenvalue weighted by Gasteiger charge is 2.17. The van der Waals surface area contributed by atoms with Crippen molar-refractivity contribution in [3.63, 3.8) is 0 Å². The smallest absolute Gasteiger partial charge is 0.343 e. The first-order chi connectivity index (χ1) is 12.1. The number of aliphatic hydroxyl groups excluding tert-OH is 1. The van der Waals surface area contributed by atoms with Gasteiger partial charge in [-0.2, -0.15) is 0 Å². The second kappa shape index (κ2) is 9.01. The number of benzene rings is 2. The van der Waals surface area contributed by atoms with E-state index in [1.165, 1.54) is 6.21 Å². The fourth-order valence-corrected chi connectivity index (χ4v) is 2.30. The van der Waals surface area contributed by atoms with Gasteiger partial charge >= 0.3 is 5.97 Å². The molecule has 0 aliphatic carbocycles. The summed E-state index contributed by atoms with van der Waals surface area (Å²) in [6.07, 6.45) is 1.27. The number of ether oxygens (including phenoxy) is 1. The molecule has 0 aromatic heterocycles. The Hall–Kier alpha value is -2.63. The first-order valence-electron chi connectivity index (χ1n) is 7.75. The minimum absolute atomic E-state index is 0.0714. The highest BCUT2D eigenvalue weighted by molar-refractivity contribution is 6.32. The largest absolute Gasteiger partial charge is 0.506 e. The van der Waals surface area contributed by atoms with Crippen LogP contribution < -0.4 is 5.73 Å². The highest BCUT2D eigenvalue weighted by atomic mass is 35.5. The molecule has 25 heavy (non-hydrogen) atoms. The lowest BCUT2D eigenvalue weighted by Crippen LogP contribution is -2.11. The molecule has 0 saturated heterocycles.